The van der Waals surface area contributed by atoms with Crippen molar-refractivity contribution in [1.29, 1.82) is 0 Å². The molecule has 0 aliphatic heterocycles. The Morgan fingerprint density at radius 1 is 1.14 bits per heavy atom. The Morgan fingerprint density at radius 2 is 1.76 bits per heavy atom. The summed E-state index contributed by atoms with van der Waals surface area (Å²) in [6.45, 7) is 5.42. The first-order valence-corrected chi connectivity index (χ1v) is 11.7. The number of hydrogen-bond acceptors (Lipinski definition) is 4. The van der Waals surface area contributed by atoms with Crippen LogP contribution in [0.2, 0.25) is 0 Å². The van der Waals surface area contributed by atoms with Gasteiger partial charge in [0.05, 0.1) is 11.4 Å². The number of nitrogens with one attached hydrogen (secondary N) is 1. The number of carbonyl (C=O) groups excluding carboxylic acids is 1. The van der Waals surface area contributed by atoms with Gasteiger partial charge in [0.1, 0.15) is 0 Å². The quantitative estimate of drug-likeness (QED) is 0.689. The number of hydrogen-bond donors (Lipinski definition) is 1. The van der Waals surface area contributed by atoms with Crippen molar-refractivity contribution in [3.05, 3.63) is 24.3 Å². The monoisotopic (exact) mass is 419 g/mol. The van der Waals surface area contributed by atoms with Crippen molar-refractivity contribution in [2.45, 2.75) is 56.9 Å². The van der Waals surface area contributed by atoms with Crippen LogP contribution in [0, 0.1) is 17.8 Å². The molecule has 6 nitrogen and oxygen atoms in total. The molecule has 2 rings (SSSR count). The zero-order valence-corrected chi connectivity index (χ0v) is 18.8. The van der Waals surface area contributed by atoms with E-state index >= 15 is 0 Å². The first-order chi connectivity index (χ1) is 13.7. The van der Waals surface area contributed by atoms with Gasteiger partial charge in [-0.25, -0.2) is 8.42 Å². The van der Waals surface area contributed by atoms with Gasteiger partial charge in [-0.05, 0) is 70.0 Å². The molecule has 29 heavy (non-hydrogen) atoms. The second-order valence-electron chi connectivity index (χ2n) is 7.79. The fourth-order valence-corrected chi connectivity index (χ4v) is 5.06. The Kier molecular flexibility index (Phi) is 8.69. The molecule has 0 bridgehead atoms. The molecule has 1 aromatic rings. The molecule has 0 saturated heterocycles. The van der Waals surface area contributed by atoms with Crippen molar-refractivity contribution in [2.75, 3.05) is 32.5 Å². The lowest BCUT2D eigenvalue weighted by Gasteiger charge is -2.32. The van der Waals surface area contributed by atoms with E-state index in [0.29, 0.717) is 11.6 Å². The molecule has 1 aliphatic carbocycles. The highest BCUT2D eigenvalue weighted by molar-refractivity contribution is 7.89. The molecule has 160 valence electrons. The number of sulfonamides is 1. The molecule has 0 radical (unpaired) electrons. The highest BCUT2D eigenvalue weighted by Gasteiger charge is 2.31. The SMILES string of the molecule is CCCN(C)CC#C[C@H]1CC[C@H](N(C)S(=O)(=O)c2ccc(NC(C)=O)cc2)CC1. The van der Waals surface area contributed by atoms with Crippen molar-refractivity contribution in [1.82, 2.24) is 9.21 Å². The predicted octanol–water partition coefficient (Wildman–Crippen LogP) is 3.17. The Morgan fingerprint density at radius 3 is 2.31 bits per heavy atom. The smallest absolute Gasteiger partial charge is 0.243 e. The summed E-state index contributed by atoms with van der Waals surface area (Å²) in [6.07, 6.45) is 4.63. The summed E-state index contributed by atoms with van der Waals surface area (Å²) < 4.78 is 27.4. The van der Waals surface area contributed by atoms with Crippen LogP contribution in [0.4, 0.5) is 5.69 Å². The van der Waals surface area contributed by atoms with Gasteiger partial charge in [0, 0.05) is 31.6 Å². The largest absolute Gasteiger partial charge is 0.326 e. The van der Waals surface area contributed by atoms with Crippen LogP contribution >= 0.6 is 0 Å². The molecule has 0 heterocycles. The van der Waals surface area contributed by atoms with Crippen molar-refractivity contribution in [3.63, 3.8) is 0 Å². The van der Waals surface area contributed by atoms with Gasteiger partial charge >= 0.3 is 0 Å². The average molecular weight is 420 g/mol. The minimum atomic E-state index is -3.56. The van der Waals surface area contributed by atoms with Crippen LogP contribution in [0.15, 0.2) is 29.2 Å². The van der Waals surface area contributed by atoms with Gasteiger partial charge in [-0.15, -0.1) is 0 Å². The van der Waals surface area contributed by atoms with Gasteiger partial charge in [0.25, 0.3) is 0 Å². The minimum absolute atomic E-state index is 0.00386. The number of amides is 1. The Balaban J connectivity index is 1.93. The topological polar surface area (TPSA) is 69.7 Å². The molecule has 1 fully saturated rings. The standard InChI is InChI=1S/C22H33N3O3S/c1-5-16-24(3)17-6-7-19-8-12-21(13-9-19)25(4)29(27,28)22-14-10-20(11-15-22)23-18(2)26/h10-11,14-15,19,21H,5,8-9,12-13,16-17H2,1-4H3,(H,23,26)/t19-,21-. The summed E-state index contributed by atoms with van der Waals surface area (Å²) in [5.74, 6) is 6.81. The predicted molar refractivity (Wildman–Crippen MR) is 117 cm³/mol. The van der Waals surface area contributed by atoms with Crippen molar-refractivity contribution >= 4 is 21.6 Å². The molecular formula is C22H33N3O3S. The minimum Gasteiger partial charge on any atom is -0.326 e. The second-order valence-corrected chi connectivity index (χ2v) is 9.79. The molecule has 0 atom stereocenters. The van der Waals surface area contributed by atoms with E-state index in [2.05, 4.69) is 36.0 Å². The molecule has 1 aromatic carbocycles. The Bertz CT molecular complexity index is 832. The van der Waals surface area contributed by atoms with Gasteiger partial charge < -0.3 is 5.32 Å². The first kappa shape index (κ1) is 23.4. The summed E-state index contributed by atoms with van der Waals surface area (Å²) in [5.41, 5.74) is 0.586. The molecule has 1 N–H and O–H groups in total. The lowest BCUT2D eigenvalue weighted by Crippen LogP contribution is -2.39. The summed E-state index contributed by atoms with van der Waals surface area (Å²) in [5, 5.41) is 2.65. The van der Waals surface area contributed by atoms with Crippen LogP contribution < -0.4 is 5.32 Å². The molecule has 7 heteroatoms. The van der Waals surface area contributed by atoms with E-state index in [9.17, 15) is 13.2 Å². The maximum atomic E-state index is 13.0. The number of benzene rings is 1. The third-order valence-electron chi connectivity index (χ3n) is 5.32. The summed E-state index contributed by atoms with van der Waals surface area (Å²) in [6, 6.07) is 6.31. The molecule has 0 spiro atoms. The van der Waals surface area contributed by atoms with E-state index in [1.807, 2.05) is 0 Å². The first-order valence-electron chi connectivity index (χ1n) is 10.3. The maximum absolute atomic E-state index is 13.0. The zero-order chi connectivity index (χ0) is 21.4. The number of rotatable bonds is 7. The summed E-state index contributed by atoms with van der Waals surface area (Å²) in [7, 11) is 0.183. The highest BCUT2D eigenvalue weighted by atomic mass is 32.2. The molecule has 0 unspecified atom stereocenters. The maximum Gasteiger partial charge on any atom is 0.243 e. The van der Waals surface area contributed by atoms with E-state index < -0.39 is 10.0 Å². The number of nitrogens with zero attached hydrogens (tertiary/aromatic N) is 2. The molecule has 1 aliphatic rings. The lowest BCUT2D eigenvalue weighted by molar-refractivity contribution is -0.114. The van der Waals surface area contributed by atoms with E-state index in [1.165, 1.54) is 11.2 Å². The van der Waals surface area contributed by atoms with Crippen molar-refractivity contribution in [2.24, 2.45) is 5.92 Å². The summed E-state index contributed by atoms with van der Waals surface area (Å²) >= 11 is 0. The highest BCUT2D eigenvalue weighted by Crippen LogP contribution is 2.30. The fourth-order valence-electron chi connectivity index (χ4n) is 3.65. The Labute approximate surface area is 175 Å². The van der Waals surface area contributed by atoms with E-state index in [0.717, 1.165) is 45.2 Å². The molecular weight excluding hydrogens is 386 g/mol. The lowest BCUT2D eigenvalue weighted by atomic mass is 9.86. The van der Waals surface area contributed by atoms with Crippen LogP contribution in [0.3, 0.4) is 0 Å². The van der Waals surface area contributed by atoms with E-state index in [1.54, 1.807) is 31.3 Å². The zero-order valence-electron chi connectivity index (χ0n) is 17.9. The van der Waals surface area contributed by atoms with Crippen molar-refractivity contribution < 1.29 is 13.2 Å². The Hall–Kier alpha value is -1.88. The summed E-state index contributed by atoms with van der Waals surface area (Å²) in [4.78, 5) is 13.6. The average Bonchev–Trinajstić information content (AvgIpc) is 2.68. The third kappa shape index (κ3) is 6.84. The number of anilines is 1. The van der Waals surface area contributed by atoms with Crippen LogP contribution in [-0.4, -0.2) is 56.8 Å². The second kappa shape index (κ2) is 10.8. The number of carbonyl (C=O) groups is 1. The molecule has 0 aromatic heterocycles. The van der Waals surface area contributed by atoms with Gasteiger partial charge in [0.2, 0.25) is 15.9 Å². The normalized spacial score (nSPS) is 19.7. The van der Waals surface area contributed by atoms with E-state index in [-0.39, 0.29) is 16.8 Å². The van der Waals surface area contributed by atoms with Crippen LogP contribution in [0.5, 0.6) is 0 Å². The van der Waals surface area contributed by atoms with Crippen LogP contribution in [-0.2, 0) is 14.8 Å². The van der Waals surface area contributed by atoms with Gasteiger partial charge in [-0.1, -0.05) is 18.8 Å². The fraction of sp³-hybridized carbons (Fsp3) is 0.591. The van der Waals surface area contributed by atoms with E-state index in [4.69, 9.17) is 0 Å². The van der Waals surface area contributed by atoms with Crippen LogP contribution in [0.1, 0.15) is 46.0 Å². The van der Waals surface area contributed by atoms with Crippen LogP contribution in [0.25, 0.3) is 0 Å². The van der Waals surface area contributed by atoms with Gasteiger partial charge in [-0.2, -0.15) is 4.31 Å². The van der Waals surface area contributed by atoms with Crippen molar-refractivity contribution in [3.8, 4) is 11.8 Å². The van der Waals surface area contributed by atoms with Gasteiger partial charge in [0.15, 0.2) is 0 Å². The van der Waals surface area contributed by atoms with Gasteiger partial charge in [-0.3, -0.25) is 9.69 Å². The molecule has 1 amide bonds. The molecule has 1 saturated carbocycles. The third-order valence-corrected chi connectivity index (χ3v) is 7.25.